The Balaban J connectivity index is 1.77. The molecule has 0 saturated heterocycles. The Hall–Kier alpha value is -2.04. The molecule has 0 aromatic heterocycles. The van der Waals surface area contributed by atoms with Crippen LogP contribution in [0, 0.1) is 0 Å². The number of nitrogens with zero attached hydrogens (tertiary/aromatic N) is 1. The zero-order valence-corrected chi connectivity index (χ0v) is 16.6. The maximum atomic E-state index is 5.55. The summed E-state index contributed by atoms with van der Waals surface area (Å²) in [5.74, 6) is 1.59. The lowest BCUT2D eigenvalue weighted by Gasteiger charge is -2.34. The van der Waals surface area contributed by atoms with E-state index in [1.807, 2.05) is 0 Å². The van der Waals surface area contributed by atoms with Crippen LogP contribution in [0.25, 0.3) is 10.8 Å². The third-order valence-electron chi connectivity index (χ3n) is 5.23. The van der Waals surface area contributed by atoms with Gasteiger partial charge in [0.1, 0.15) is 0 Å². The van der Waals surface area contributed by atoms with Crippen molar-refractivity contribution >= 4 is 26.9 Å². The summed E-state index contributed by atoms with van der Waals surface area (Å²) in [5.41, 5.74) is 4.00. The Morgan fingerprint density at radius 3 is 2.54 bits per heavy atom. The van der Waals surface area contributed by atoms with Crippen molar-refractivity contribution in [1.29, 1.82) is 0 Å². The summed E-state index contributed by atoms with van der Waals surface area (Å²) < 4.78 is 13.3. The van der Waals surface area contributed by atoms with E-state index in [4.69, 9.17) is 9.47 Å². The minimum Gasteiger partial charge on any atom is -0.493 e. The van der Waals surface area contributed by atoms with Crippen LogP contribution in [-0.4, -0.2) is 24.7 Å². The van der Waals surface area contributed by atoms with Crippen LogP contribution in [-0.2, 0) is 12.8 Å². The predicted octanol–water partition coefficient (Wildman–Crippen LogP) is 5.31. The molecule has 26 heavy (non-hydrogen) atoms. The van der Waals surface area contributed by atoms with Gasteiger partial charge >= 0.3 is 0 Å². The van der Waals surface area contributed by atoms with Gasteiger partial charge in [0.2, 0.25) is 0 Å². The molecular formula is C22H22BrNO2. The maximum Gasteiger partial charge on any atom is 0.161 e. The lowest BCUT2D eigenvalue weighted by Crippen LogP contribution is -2.29. The molecule has 0 radical (unpaired) electrons. The fourth-order valence-corrected chi connectivity index (χ4v) is 4.43. The predicted molar refractivity (Wildman–Crippen MR) is 109 cm³/mol. The molecule has 0 unspecified atom stereocenters. The van der Waals surface area contributed by atoms with E-state index in [-0.39, 0.29) is 6.04 Å². The molecule has 3 aromatic carbocycles. The van der Waals surface area contributed by atoms with Crippen LogP contribution in [0.3, 0.4) is 0 Å². The number of hydrogen-bond donors (Lipinski definition) is 0. The van der Waals surface area contributed by atoms with E-state index in [1.54, 1.807) is 14.2 Å². The monoisotopic (exact) mass is 411 g/mol. The van der Waals surface area contributed by atoms with Crippen LogP contribution in [0.15, 0.2) is 54.6 Å². The van der Waals surface area contributed by atoms with Crippen LogP contribution in [0.5, 0.6) is 11.5 Å². The molecular weight excluding hydrogens is 390 g/mol. The quantitative estimate of drug-likeness (QED) is 0.543. The average Bonchev–Trinajstić information content (AvgIpc) is 2.69. The Morgan fingerprint density at radius 1 is 1.00 bits per heavy atom. The maximum absolute atomic E-state index is 5.55. The molecule has 0 aliphatic carbocycles. The van der Waals surface area contributed by atoms with Gasteiger partial charge in [-0.2, -0.15) is 0 Å². The van der Waals surface area contributed by atoms with Crippen molar-refractivity contribution in [2.24, 2.45) is 0 Å². The molecule has 0 fully saturated rings. The minimum absolute atomic E-state index is 0.254. The first kappa shape index (κ1) is 17.4. The van der Waals surface area contributed by atoms with Crippen molar-refractivity contribution in [2.75, 3.05) is 20.8 Å². The average molecular weight is 412 g/mol. The second-order valence-electron chi connectivity index (χ2n) is 6.64. The second-order valence-corrected chi connectivity index (χ2v) is 7.55. The molecule has 3 nitrogen and oxygen atoms in total. The van der Waals surface area contributed by atoms with E-state index < -0.39 is 0 Å². The topological polar surface area (TPSA) is 21.7 Å². The summed E-state index contributed by atoms with van der Waals surface area (Å²) in [6.07, 6.45) is 1.93. The molecule has 1 aliphatic heterocycles. The molecule has 0 saturated carbocycles. The van der Waals surface area contributed by atoms with Gasteiger partial charge in [-0.15, -0.1) is 0 Å². The van der Waals surface area contributed by atoms with Gasteiger partial charge in [-0.1, -0.05) is 42.5 Å². The Morgan fingerprint density at radius 2 is 1.73 bits per heavy atom. The molecule has 3 aromatic rings. The standard InChI is InChI=1S/C22H22BrNO2/c1-25-21-13-17-10-11-24(23)20(19(17)14-22(21)26-2)12-16-8-5-7-15-6-3-4-9-18(15)16/h3-9,13-14,20H,10-12H2,1-2H3/t20-/m0/s1. The van der Waals surface area contributed by atoms with Gasteiger partial charge in [-0.05, 0) is 52.4 Å². The summed E-state index contributed by atoms with van der Waals surface area (Å²) in [7, 11) is 3.39. The lowest BCUT2D eigenvalue weighted by molar-refractivity contribution is 0.334. The first-order valence-corrected chi connectivity index (χ1v) is 9.56. The van der Waals surface area contributed by atoms with E-state index in [9.17, 15) is 0 Å². The number of methoxy groups -OCH3 is 2. The number of ether oxygens (including phenoxy) is 2. The summed E-state index contributed by atoms with van der Waals surface area (Å²) in [4.78, 5) is 0. The Kier molecular flexibility index (Phi) is 4.88. The van der Waals surface area contributed by atoms with E-state index in [0.717, 1.165) is 30.9 Å². The van der Waals surface area contributed by atoms with Gasteiger partial charge in [-0.3, -0.25) is 0 Å². The van der Waals surface area contributed by atoms with Crippen LogP contribution in [0.2, 0.25) is 0 Å². The minimum atomic E-state index is 0.254. The molecule has 0 spiro atoms. The van der Waals surface area contributed by atoms with E-state index in [1.165, 1.54) is 27.5 Å². The number of fused-ring (bicyclic) bond motifs is 2. The van der Waals surface area contributed by atoms with Crippen molar-refractivity contribution in [3.63, 3.8) is 0 Å². The molecule has 4 rings (SSSR count). The third-order valence-corrected chi connectivity index (χ3v) is 6.08. The Bertz CT molecular complexity index is 935. The van der Waals surface area contributed by atoms with Crippen LogP contribution >= 0.6 is 16.1 Å². The normalized spacial score (nSPS) is 17.1. The highest BCUT2D eigenvalue weighted by molar-refractivity contribution is 9.07. The highest BCUT2D eigenvalue weighted by Crippen LogP contribution is 2.41. The van der Waals surface area contributed by atoms with Crippen molar-refractivity contribution in [2.45, 2.75) is 18.9 Å². The first-order valence-electron chi connectivity index (χ1n) is 8.85. The molecule has 1 aliphatic rings. The first-order chi connectivity index (χ1) is 12.7. The molecule has 4 heteroatoms. The molecule has 134 valence electrons. The number of hydrogen-bond acceptors (Lipinski definition) is 3. The van der Waals surface area contributed by atoms with E-state index >= 15 is 0 Å². The van der Waals surface area contributed by atoms with E-state index in [2.05, 4.69) is 74.7 Å². The smallest absolute Gasteiger partial charge is 0.161 e. The van der Waals surface area contributed by atoms with Crippen molar-refractivity contribution in [3.8, 4) is 11.5 Å². The molecule has 1 atom stereocenters. The van der Waals surface area contributed by atoms with Gasteiger partial charge in [0.05, 0.1) is 14.2 Å². The zero-order valence-electron chi connectivity index (χ0n) is 15.0. The lowest BCUT2D eigenvalue weighted by atomic mass is 9.88. The van der Waals surface area contributed by atoms with Crippen LogP contribution < -0.4 is 9.47 Å². The molecule has 0 N–H and O–H groups in total. The van der Waals surface area contributed by atoms with Gasteiger partial charge in [0.15, 0.2) is 11.5 Å². The highest BCUT2D eigenvalue weighted by atomic mass is 79.9. The summed E-state index contributed by atoms with van der Waals surface area (Å²) in [5, 5.41) is 2.61. The van der Waals surface area contributed by atoms with Gasteiger partial charge < -0.3 is 9.47 Å². The molecule has 0 amide bonds. The highest BCUT2D eigenvalue weighted by Gasteiger charge is 2.28. The van der Waals surface area contributed by atoms with Crippen molar-refractivity contribution in [3.05, 3.63) is 71.3 Å². The third kappa shape index (κ3) is 3.08. The number of rotatable bonds is 4. The second kappa shape index (κ2) is 7.29. The largest absolute Gasteiger partial charge is 0.493 e. The Labute approximate surface area is 162 Å². The molecule has 0 bridgehead atoms. The number of halogens is 1. The number of benzene rings is 3. The summed E-state index contributed by atoms with van der Waals surface area (Å²) in [6, 6.07) is 19.7. The van der Waals surface area contributed by atoms with Crippen LogP contribution in [0.1, 0.15) is 22.7 Å². The fraction of sp³-hybridized carbons (Fsp3) is 0.273. The van der Waals surface area contributed by atoms with Crippen LogP contribution in [0.4, 0.5) is 0 Å². The summed E-state index contributed by atoms with van der Waals surface area (Å²) >= 11 is 3.79. The SMILES string of the molecule is COc1cc2c(cc1OC)[C@H](Cc1cccc3ccccc13)N(Br)CC2. The van der Waals surface area contributed by atoms with Gasteiger partial charge in [-0.25, -0.2) is 3.93 Å². The molecule has 1 heterocycles. The van der Waals surface area contributed by atoms with Gasteiger partial charge in [0, 0.05) is 28.7 Å². The van der Waals surface area contributed by atoms with Crippen molar-refractivity contribution in [1.82, 2.24) is 3.93 Å². The van der Waals surface area contributed by atoms with E-state index in [0.29, 0.717) is 0 Å². The summed E-state index contributed by atoms with van der Waals surface area (Å²) in [6.45, 7) is 0.970. The zero-order chi connectivity index (χ0) is 18.1. The van der Waals surface area contributed by atoms with Crippen molar-refractivity contribution < 1.29 is 9.47 Å². The fourth-order valence-electron chi connectivity index (χ4n) is 3.89. The van der Waals surface area contributed by atoms with Gasteiger partial charge in [0.25, 0.3) is 0 Å².